The maximum atomic E-state index is 13.9. The highest BCUT2D eigenvalue weighted by atomic mass is 35.5. The third-order valence-corrected chi connectivity index (χ3v) is 3.84. The molecule has 0 fully saturated rings. The summed E-state index contributed by atoms with van der Waals surface area (Å²) >= 11 is 5.75. The Kier molecular flexibility index (Phi) is 9.55. The van der Waals surface area contributed by atoms with E-state index in [1.165, 1.54) is 6.07 Å². The molecule has 2 aromatic rings. The molecule has 0 aliphatic heterocycles. The number of hydrogen-bond acceptors (Lipinski definition) is 4. The van der Waals surface area contributed by atoms with E-state index in [2.05, 4.69) is 10.6 Å². The van der Waals surface area contributed by atoms with Crippen molar-refractivity contribution in [2.24, 2.45) is 5.73 Å². The number of allylic oxidation sites excluding steroid dienone is 1. The molecule has 0 atom stereocenters. The monoisotopic (exact) mass is 413 g/mol. The molecule has 0 saturated carbocycles. The number of benzene rings is 2. The molecule has 2 aromatic carbocycles. The van der Waals surface area contributed by atoms with E-state index < -0.39 is 12.2 Å². The lowest BCUT2D eigenvalue weighted by molar-refractivity contribution is 0.112. The van der Waals surface area contributed by atoms with Crippen LogP contribution in [-0.4, -0.2) is 19.8 Å². The van der Waals surface area contributed by atoms with Crippen molar-refractivity contribution in [3.8, 4) is 0 Å². The Morgan fingerprint density at radius 3 is 2.43 bits per heavy atom. The maximum absolute atomic E-state index is 13.9. The van der Waals surface area contributed by atoms with E-state index in [-0.39, 0.29) is 0 Å². The number of aldehydes is 1. The Bertz CT molecular complexity index is 839. The quantitative estimate of drug-likeness (QED) is 0.580. The van der Waals surface area contributed by atoms with E-state index in [9.17, 15) is 18.0 Å². The van der Waals surface area contributed by atoms with Crippen molar-refractivity contribution in [1.29, 1.82) is 0 Å². The number of carbonyl (C=O) groups excluding carboxylic acids is 1. The predicted molar refractivity (Wildman–Crippen MR) is 108 cm³/mol. The number of hydrogen-bond donors (Lipinski definition) is 3. The minimum Gasteiger partial charge on any atom is -0.397 e. The molecule has 0 heterocycles. The van der Waals surface area contributed by atoms with Gasteiger partial charge in [-0.15, -0.1) is 0 Å². The van der Waals surface area contributed by atoms with Gasteiger partial charge in [-0.05, 0) is 56.3 Å². The Morgan fingerprint density at radius 2 is 1.89 bits per heavy atom. The topological polar surface area (TPSA) is 67.2 Å². The Labute approximate surface area is 167 Å². The van der Waals surface area contributed by atoms with E-state index in [0.717, 1.165) is 24.3 Å². The fourth-order valence-corrected chi connectivity index (χ4v) is 2.47. The average Bonchev–Trinajstić information content (AvgIpc) is 2.63. The number of nitrogens with two attached hydrogens (primary N) is 1. The standard InChI is InChI=1S/C18H19ClFN3O.C2H4F2/c1-11(23-17-6-5-15(19)8-16(17)20)18(21)12-3-4-13(10-24)14(7-12)9-22-2;1-2(3)4/h3-8,10,22-23H,9,21H2,1-2H3;2H,1H3/b18-11-;. The first-order chi connectivity index (χ1) is 13.2. The van der Waals surface area contributed by atoms with Gasteiger partial charge in [0.15, 0.2) is 0 Å². The van der Waals surface area contributed by atoms with Crippen LogP contribution in [0.1, 0.15) is 35.3 Å². The number of anilines is 1. The van der Waals surface area contributed by atoms with Crippen LogP contribution in [0, 0.1) is 5.82 Å². The molecule has 0 aromatic heterocycles. The Hall–Kier alpha value is -2.51. The second kappa shape index (κ2) is 11.4. The van der Waals surface area contributed by atoms with Gasteiger partial charge in [-0.1, -0.05) is 23.7 Å². The van der Waals surface area contributed by atoms with E-state index in [0.29, 0.717) is 34.2 Å². The normalized spacial score (nSPS) is 11.4. The van der Waals surface area contributed by atoms with Crippen molar-refractivity contribution in [2.45, 2.75) is 26.8 Å². The zero-order valence-electron chi connectivity index (χ0n) is 15.8. The largest absolute Gasteiger partial charge is 0.397 e. The van der Waals surface area contributed by atoms with Crippen LogP contribution in [0.5, 0.6) is 0 Å². The van der Waals surface area contributed by atoms with Gasteiger partial charge in [-0.2, -0.15) is 0 Å². The smallest absolute Gasteiger partial charge is 0.235 e. The summed E-state index contributed by atoms with van der Waals surface area (Å²) in [6.45, 7) is 3.14. The summed E-state index contributed by atoms with van der Waals surface area (Å²) < 4.78 is 34.5. The first kappa shape index (κ1) is 23.5. The maximum Gasteiger partial charge on any atom is 0.235 e. The lowest BCUT2D eigenvalue weighted by atomic mass is 10.0. The summed E-state index contributed by atoms with van der Waals surface area (Å²) in [6.07, 6.45) is -1.36. The SMILES string of the molecule is CC(F)F.CNCc1cc(/C(N)=C(\C)Nc2ccc(Cl)cc2F)ccc1C=O. The minimum atomic E-state index is -2.17. The number of rotatable bonds is 6. The lowest BCUT2D eigenvalue weighted by Crippen LogP contribution is -2.11. The van der Waals surface area contributed by atoms with Crippen LogP contribution < -0.4 is 16.4 Å². The molecule has 152 valence electrons. The van der Waals surface area contributed by atoms with Crippen molar-refractivity contribution in [3.63, 3.8) is 0 Å². The summed E-state index contributed by atoms with van der Waals surface area (Å²) in [5.41, 5.74) is 9.76. The molecule has 0 saturated heterocycles. The zero-order valence-corrected chi connectivity index (χ0v) is 16.6. The molecule has 0 bridgehead atoms. The van der Waals surface area contributed by atoms with E-state index in [1.807, 2.05) is 6.07 Å². The molecule has 4 N–H and O–H groups in total. The molecular formula is C20H23ClF3N3O. The highest BCUT2D eigenvalue weighted by Gasteiger charge is 2.09. The highest BCUT2D eigenvalue weighted by Crippen LogP contribution is 2.23. The van der Waals surface area contributed by atoms with Crippen LogP contribution in [0.15, 0.2) is 42.1 Å². The molecule has 0 radical (unpaired) electrons. The van der Waals surface area contributed by atoms with Crippen LogP contribution in [0.25, 0.3) is 5.70 Å². The van der Waals surface area contributed by atoms with Gasteiger partial charge in [-0.25, -0.2) is 13.2 Å². The van der Waals surface area contributed by atoms with Crippen molar-refractivity contribution in [3.05, 3.63) is 69.6 Å². The fourth-order valence-electron chi connectivity index (χ4n) is 2.31. The van der Waals surface area contributed by atoms with Gasteiger partial charge in [0.05, 0.1) is 11.4 Å². The van der Waals surface area contributed by atoms with Crippen LogP contribution in [0.2, 0.25) is 5.02 Å². The van der Waals surface area contributed by atoms with Gasteiger partial charge in [0.25, 0.3) is 0 Å². The highest BCUT2D eigenvalue weighted by molar-refractivity contribution is 6.30. The number of halogens is 4. The molecule has 4 nitrogen and oxygen atoms in total. The number of alkyl halides is 2. The first-order valence-electron chi connectivity index (χ1n) is 8.39. The van der Waals surface area contributed by atoms with Crippen LogP contribution >= 0.6 is 11.6 Å². The summed E-state index contributed by atoms with van der Waals surface area (Å²) in [5.74, 6) is -0.457. The third kappa shape index (κ3) is 7.25. The van der Waals surface area contributed by atoms with Crippen molar-refractivity contribution in [2.75, 3.05) is 12.4 Å². The van der Waals surface area contributed by atoms with Gasteiger partial charge in [0.1, 0.15) is 12.1 Å². The second-order valence-electron chi connectivity index (χ2n) is 5.87. The molecule has 2 rings (SSSR count). The lowest BCUT2D eigenvalue weighted by Gasteiger charge is -2.13. The summed E-state index contributed by atoms with van der Waals surface area (Å²) in [6, 6.07) is 9.71. The Balaban J connectivity index is 0.000000892. The molecule has 0 unspecified atom stereocenters. The molecular weight excluding hydrogens is 391 g/mol. The van der Waals surface area contributed by atoms with E-state index >= 15 is 0 Å². The second-order valence-corrected chi connectivity index (χ2v) is 6.30. The average molecular weight is 414 g/mol. The van der Waals surface area contributed by atoms with Gasteiger partial charge in [0.2, 0.25) is 6.43 Å². The summed E-state index contributed by atoms with van der Waals surface area (Å²) in [7, 11) is 1.80. The van der Waals surface area contributed by atoms with Crippen LogP contribution in [-0.2, 0) is 6.54 Å². The van der Waals surface area contributed by atoms with Gasteiger partial charge >= 0.3 is 0 Å². The molecule has 8 heteroatoms. The fraction of sp³-hybridized carbons (Fsp3) is 0.250. The summed E-state index contributed by atoms with van der Waals surface area (Å²) in [5, 5.41) is 6.29. The molecule has 0 spiro atoms. The summed E-state index contributed by atoms with van der Waals surface area (Å²) in [4.78, 5) is 11.1. The van der Waals surface area contributed by atoms with Gasteiger partial charge < -0.3 is 16.4 Å². The van der Waals surface area contributed by atoms with Crippen LogP contribution in [0.4, 0.5) is 18.9 Å². The number of carbonyl (C=O) groups is 1. The molecule has 0 aliphatic carbocycles. The minimum absolute atomic E-state index is 0.291. The molecule has 0 aliphatic rings. The molecule has 28 heavy (non-hydrogen) atoms. The van der Waals surface area contributed by atoms with Crippen molar-refractivity contribution < 1.29 is 18.0 Å². The number of nitrogens with one attached hydrogen (secondary N) is 2. The predicted octanol–water partition coefficient (Wildman–Crippen LogP) is 5.04. The zero-order chi connectivity index (χ0) is 21.3. The Morgan fingerprint density at radius 1 is 1.25 bits per heavy atom. The first-order valence-corrected chi connectivity index (χ1v) is 8.77. The van der Waals surface area contributed by atoms with E-state index in [4.69, 9.17) is 17.3 Å². The van der Waals surface area contributed by atoms with Crippen molar-refractivity contribution >= 4 is 29.3 Å². The van der Waals surface area contributed by atoms with Crippen molar-refractivity contribution in [1.82, 2.24) is 5.32 Å². The third-order valence-electron chi connectivity index (χ3n) is 3.61. The van der Waals surface area contributed by atoms with Gasteiger partial charge in [0, 0.05) is 22.8 Å². The van der Waals surface area contributed by atoms with Crippen LogP contribution in [0.3, 0.4) is 0 Å². The van der Waals surface area contributed by atoms with E-state index in [1.54, 1.807) is 38.2 Å². The van der Waals surface area contributed by atoms with Gasteiger partial charge in [-0.3, -0.25) is 4.79 Å². The molecule has 0 amide bonds.